The Morgan fingerprint density at radius 2 is 2.13 bits per heavy atom. The topological polar surface area (TPSA) is 68.5 Å². The van der Waals surface area contributed by atoms with E-state index in [0.29, 0.717) is 17.8 Å². The molecule has 0 saturated carbocycles. The molecular weight excluding hydrogens is 292 g/mol. The molecule has 2 aromatic heterocycles. The van der Waals surface area contributed by atoms with Gasteiger partial charge in [-0.2, -0.15) is 5.10 Å². The first-order valence-electron chi connectivity index (χ1n) is 7.51. The number of hydrogen-bond acceptors (Lipinski definition) is 4. The zero-order valence-corrected chi connectivity index (χ0v) is 13.1. The van der Waals surface area contributed by atoms with Crippen LogP contribution in [0.15, 0.2) is 48.9 Å². The molecule has 1 aromatic carbocycles. The van der Waals surface area contributed by atoms with Crippen LogP contribution in [0.4, 0.5) is 0 Å². The fraction of sp³-hybridized carbons (Fsp3) is 0.235. The molecule has 1 N–H and O–H groups in total. The molecule has 0 fully saturated rings. The number of amides is 1. The van der Waals surface area contributed by atoms with E-state index in [2.05, 4.69) is 15.4 Å². The summed E-state index contributed by atoms with van der Waals surface area (Å²) in [5, 5.41) is 7.10. The molecule has 6 heteroatoms. The molecule has 6 nitrogen and oxygen atoms in total. The highest BCUT2D eigenvalue weighted by Crippen LogP contribution is 2.18. The lowest BCUT2D eigenvalue weighted by Gasteiger charge is -2.14. The summed E-state index contributed by atoms with van der Waals surface area (Å²) in [4.78, 5) is 16.6. The number of ether oxygens (including phenoxy) is 1. The first kappa shape index (κ1) is 15.0. The average Bonchev–Trinajstić information content (AvgIpc) is 3.00. The second-order valence-corrected chi connectivity index (χ2v) is 5.14. The highest BCUT2D eigenvalue weighted by molar-refractivity contribution is 5.99. The molecule has 3 rings (SSSR count). The van der Waals surface area contributed by atoms with Gasteiger partial charge in [0.15, 0.2) is 5.65 Å². The molecule has 0 spiro atoms. The third-order valence-electron chi connectivity index (χ3n) is 3.56. The molecule has 0 bridgehead atoms. The van der Waals surface area contributed by atoms with E-state index in [1.54, 1.807) is 23.0 Å². The van der Waals surface area contributed by atoms with E-state index in [-0.39, 0.29) is 11.9 Å². The van der Waals surface area contributed by atoms with Crippen molar-refractivity contribution in [2.75, 3.05) is 6.61 Å². The van der Waals surface area contributed by atoms with Gasteiger partial charge in [-0.05, 0) is 37.6 Å². The van der Waals surface area contributed by atoms with Crippen molar-refractivity contribution in [2.45, 2.75) is 19.9 Å². The van der Waals surface area contributed by atoms with Crippen LogP contribution in [-0.4, -0.2) is 27.1 Å². The molecule has 0 radical (unpaired) electrons. The standard InChI is InChI=1S/C17H18N4O2/c1-3-23-14-7-5-13(6-8-14)12(2)20-17(22)15-11-19-21-10-4-9-18-16(15)21/h4-12H,3H2,1-2H3,(H,20,22). The van der Waals surface area contributed by atoms with Gasteiger partial charge in [0.1, 0.15) is 11.3 Å². The maximum atomic E-state index is 12.4. The molecular formula is C17H18N4O2. The lowest BCUT2D eigenvalue weighted by atomic mass is 10.1. The zero-order valence-electron chi connectivity index (χ0n) is 13.1. The highest BCUT2D eigenvalue weighted by atomic mass is 16.5. The molecule has 1 unspecified atom stereocenters. The lowest BCUT2D eigenvalue weighted by molar-refractivity contribution is 0.0941. The molecule has 3 aromatic rings. The van der Waals surface area contributed by atoms with Crippen LogP contribution in [0.3, 0.4) is 0 Å². The molecule has 0 aliphatic carbocycles. The SMILES string of the molecule is CCOc1ccc(C(C)NC(=O)c2cnn3cccnc23)cc1. The van der Waals surface area contributed by atoms with Gasteiger partial charge in [-0.15, -0.1) is 0 Å². The summed E-state index contributed by atoms with van der Waals surface area (Å²) in [7, 11) is 0. The minimum atomic E-state index is -0.194. The maximum absolute atomic E-state index is 12.4. The van der Waals surface area contributed by atoms with Crippen LogP contribution in [0.1, 0.15) is 35.8 Å². The Morgan fingerprint density at radius 3 is 2.87 bits per heavy atom. The molecule has 2 heterocycles. The fourth-order valence-corrected chi connectivity index (χ4v) is 2.36. The molecule has 118 valence electrons. The van der Waals surface area contributed by atoms with E-state index in [4.69, 9.17) is 4.74 Å². The number of carbonyl (C=O) groups excluding carboxylic acids is 1. The van der Waals surface area contributed by atoms with Crippen LogP contribution < -0.4 is 10.1 Å². The predicted octanol–water partition coefficient (Wildman–Crippen LogP) is 2.62. The van der Waals surface area contributed by atoms with E-state index in [1.807, 2.05) is 38.1 Å². The number of nitrogens with zero attached hydrogens (tertiary/aromatic N) is 3. The fourth-order valence-electron chi connectivity index (χ4n) is 2.36. The van der Waals surface area contributed by atoms with Crippen molar-refractivity contribution >= 4 is 11.6 Å². The van der Waals surface area contributed by atoms with Gasteiger partial charge in [-0.3, -0.25) is 4.79 Å². The summed E-state index contributed by atoms with van der Waals surface area (Å²) in [6.45, 7) is 4.51. The minimum absolute atomic E-state index is 0.128. The summed E-state index contributed by atoms with van der Waals surface area (Å²) in [6.07, 6.45) is 4.93. The van der Waals surface area contributed by atoms with Crippen LogP contribution in [0.5, 0.6) is 5.75 Å². The second kappa shape index (κ2) is 6.48. The normalized spacial score (nSPS) is 12.1. The minimum Gasteiger partial charge on any atom is -0.494 e. The lowest BCUT2D eigenvalue weighted by Crippen LogP contribution is -2.26. The number of carbonyl (C=O) groups is 1. The van der Waals surface area contributed by atoms with Gasteiger partial charge in [-0.25, -0.2) is 9.50 Å². The third kappa shape index (κ3) is 3.15. The van der Waals surface area contributed by atoms with Crippen molar-refractivity contribution in [1.29, 1.82) is 0 Å². The monoisotopic (exact) mass is 310 g/mol. The van der Waals surface area contributed by atoms with Crippen LogP contribution in [0, 0.1) is 0 Å². The quantitative estimate of drug-likeness (QED) is 0.786. The smallest absolute Gasteiger partial charge is 0.257 e. The predicted molar refractivity (Wildman–Crippen MR) is 86.5 cm³/mol. The molecule has 0 aliphatic rings. The van der Waals surface area contributed by atoms with Gasteiger partial charge in [0.25, 0.3) is 5.91 Å². The number of nitrogens with one attached hydrogen (secondary N) is 1. The van der Waals surface area contributed by atoms with Crippen molar-refractivity contribution in [3.8, 4) is 5.75 Å². The Hall–Kier alpha value is -2.89. The summed E-state index contributed by atoms with van der Waals surface area (Å²) in [5.41, 5.74) is 2.01. The molecule has 0 aliphatic heterocycles. The van der Waals surface area contributed by atoms with Crippen molar-refractivity contribution in [2.24, 2.45) is 0 Å². The Kier molecular flexibility index (Phi) is 4.23. The van der Waals surface area contributed by atoms with Crippen LogP contribution in [-0.2, 0) is 0 Å². The van der Waals surface area contributed by atoms with Crippen LogP contribution in [0.2, 0.25) is 0 Å². The number of rotatable bonds is 5. The van der Waals surface area contributed by atoms with Gasteiger partial charge in [-0.1, -0.05) is 12.1 Å². The molecule has 1 amide bonds. The highest BCUT2D eigenvalue weighted by Gasteiger charge is 2.16. The van der Waals surface area contributed by atoms with Crippen molar-refractivity contribution in [1.82, 2.24) is 19.9 Å². The van der Waals surface area contributed by atoms with Gasteiger partial charge in [0, 0.05) is 12.4 Å². The van der Waals surface area contributed by atoms with Crippen molar-refractivity contribution in [3.63, 3.8) is 0 Å². The molecule has 1 atom stereocenters. The first-order chi connectivity index (χ1) is 11.2. The van der Waals surface area contributed by atoms with E-state index in [9.17, 15) is 4.79 Å². The first-order valence-corrected chi connectivity index (χ1v) is 7.51. The number of fused-ring (bicyclic) bond motifs is 1. The Labute approximate surface area is 134 Å². The van der Waals surface area contributed by atoms with Gasteiger partial charge in [0.2, 0.25) is 0 Å². The summed E-state index contributed by atoms with van der Waals surface area (Å²) in [5.74, 6) is 0.627. The Balaban J connectivity index is 1.74. The summed E-state index contributed by atoms with van der Waals surface area (Å²) < 4.78 is 7.00. The van der Waals surface area contributed by atoms with Crippen molar-refractivity contribution in [3.05, 3.63) is 60.0 Å². The van der Waals surface area contributed by atoms with Crippen LogP contribution >= 0.6 is 0 Å². The second-order valence-electron chi connectivity index (χ2n) is 5.14. The van der Waals surface area contributed by atoms with Crippen LogP contribution in [0.25, 0.3) is 5.65 Å². The number of aromatic nitrogens is 3. The maximum Gasteiger partial charge on any atom is 0.257 e. The summed E-state index contributed by atoms with van der Waals surface area (Å²) in [6, 6.07) is 9.34. The third-order valence-corrected chi connectivity index (χ3v) is 3.56. The summed E-state index contributed by atoms with van der Waals surface area (Å²) >= 11 is 0. The average molecular weight is 310 g/mol. The Morgan fingerprint density at radius 1 is 1.35 bits per heavy atom. The Bertz CT molecular complexity index is 811. The number of hydrogen-bond donors (Lipinski definition) is 1. The van der Waals surface area contributed by atoms with E-state index in [0.717, 1.165) is 11.3 Å². The largest absolute Gasteiger partial charge is 0.494 e. The molecule has 23 heavy (non-hydrogen) atoms. The van der Waals surface area contributed by atoms with E-state index in [1.165, 1.54) is 6.20 Å². The molecule has 0 saturated heterocycles. The van der Waals surface area contributed by atoms with Crippen molar-refractivity contribution < 1.29 is 9.53 Å². The van der Waals surface area contributed by atoms with E-state index < -0.39 is 0 Å². The van der Waals surface area contributed by atoms with E-state index >= 15 is 0 Å². The zero-order chi connectivity index (χ0) is 16.2. The number of benzene rings is 1. The van der Waals surface area contributed by atoms with Gasteiger partial charge < -0.3 is 10.1 Å². The van der Waals surface area contributed by atoms with Gasteiger partial charge >= 0.3 is 0 Å². The van der Waals surface area contributed by atoms with Gasteiger partial charge in [0.05, 0.1) is 18.8 Å².